The molecule has 132 valence electrons. The zero-order chi connectivity index (χ0) is 18.6. The van der Waals surface area contributed by atoms with E-state index in [0.717, 1.165) is 16.8 Å². The third-order valence-corrected chi connectivity index (χ3v) is 4.06. The van der Waals surface area contributed by atoms with E-state index in [4.69, 9.17) is 16.3 Å². The summed E-state index contributed by atoms with van der Waals surface area (Å²) in [5.74, 6) is -0.0387. The minimum absolute atomic E-state index is 0.101. The van der Waals surface area contributed by atoms with E-state index in [1.54, 1.807) is 18.2 Å². The van der Waals surface area contributed by atoms with Crippen LogP contribution >= 0.6 is 11.6 Å². The van der Waals surface area contributed by atoms with Gasteiger partial charge in [0.05, 0.1) is 18.5 Å². The van der Waals surface area contributed by atoms with Crippen molar-refractivity contribution < 1.29 is 14.3 Å². The van der Waals surface area contributed by atoms with Crippen molar-refractivity contribution in [2.45, 2.75) is 20.8 Å². The first-order chi connectivity index (χ1) is 11.8. The summed E-state index contributed by atoms with van der Waals surface area (Å²) in [6.45, 7) is 5.17. The molecule has 5 nitrogen and oxygen atoms in total. The van der Waals surface area contributed by atoms with Gasteiger partial charge in [0.1, 0.15) is 12.3 Å². The third kappa shape index (κ3) is 4.51. The van der Waals surface area contributed by atoms with Crippen molar-refractivity contribution in [2.24, 2.45) is 0 Å². The summed E-state index contributed by atoms with van der Waals surface area (Å²) in [6, 6.07) is 10.7. The van der Waals surface area contributed by atoms with E-state index in [9.17, 15) is 9.59 Å². The van der Waals surface area contributed by atoms with Gasteiger partial charge in [0.15, 0.2) is 0 Å². The van der Waals surface area contributed by atoms with Crippen LogP contribution in [0.15, 0.2) is 36.4 Å². The van der Waals surface area contributed by atoms with Crippen molar-refractivity contribution in [2.75, 3.05) is 23.9 Å². The van der Waals surface area contributed by atoms with E-state index in [0.29, 0.717) is 16.5 Å². The number of nitrogens with zero attached hydrogens (tertiary/aromatic N) is 1. The monoisotopic (exact) mass is 360 g/mol. The van der Waals surface area contributed by atoms with Crippen LogP contribution in [-0.4, -0.2) is 25.5 Å². The first-order valence-electron chi connectivity index (χ1n) is 7.81. The van der Waals surface area contributed by atoms with Crippen molar-refractivity contribution in [1.29, 1.82) is 0 Å². The second-order valence-electron chi connectivity index (χ2n) is 5.74. The number of amides is 2. The Balaban J connectivity index is 2.25. The molecule has 6 heteroatoms. The van der Waals surface area contributed by atoms with Gasteiger partial charge >= 0.3 is 0 Å². The maximum atomic E-state index is 12.5. The van der Waals surface area contributed by atoms with Gasteiger partial charge in [-0.2, -0.15) is 0 Å². The van der Waals surface area contributed by atoms with Crippen LogP contribution in [-0.2, 0) is 9.59 Å². The molecule has 0 aliphatic carbocycles. The molecule has 0 fully saturated rings. The van der Waals surface area contributed by atoms with Crippen molar-refractivity contribution in [1.82, 2.24) is 0 Å². The number of carbonyl (C=O) groups excluding carboxylic acids is 2. The number of para-hydroxylation sites is 1. The van der Waals surface area contributed by atoms with Gasteiger partial charge in [-0.1, -0.05) is 29.8 Å². The number of hydrogen-bond acceptors (Lipinski definition) is 3. The molecule has 0 spiro atoms. The number of halogens is 1. The van der Waals surface area contributed by atoms with Crippen LogP contribution in [0.2, 0.25) is 5.02 Å². The Morgan fingerprint density at radius 1 is 1.16 bits per heavy atom. The molecule has 0 aromatic heterocycles. The lowest BCUT2D eigenvalue weighted by Gasteiger charge is -2.24. The van der Waals surface area contributed by atoms with Crippen molar-refractivity contribution in [3.05, 3.63) is 52.5 Å². The Labute approximate surface area is 152 Å². The van der Waals surface area contributed by atoms with Crippen molar-refractivity contribution in [3.8, 4) is 5.75 Å². The summed E-state index contributed by atoms with van der Waals surface area (Å²) in [7, 11) is 1.51. The molecule has 2 aromatic rings. The highest BCUT2D eigenvalue weighted by atomic mass is 35.5. The van der Waals surface area contributed by atoms with Gasteiger partial charge in [-0.3, -0.25) is 9.59 Å². The van der Waals surface area contributed by atoms with E-state index < -0.39 is 0 Å². The maximum absolute atomic E-state index is 12.5. The molecule has 0 aliphatic heterocycles. The summed E-state index contributed by atoms with van der Waals surface area (Å²) in [5, 5.41) is 3.23. The molecule has 0 bridgehead atoms. The smallest absolute Gasteiger partial charge is 0.244 e. The number of hydrogen-bond donors (Lipinski definition) is 1. The van der Waals surface area contributed by atoms with Crippen molar-refractivity contribution in [3.63, 3.8) is 0 Å². The highest BCUT2D eigenvalue weighted by molar-refractivity contribution is 6.31. The summed E-state index contributed by atoms with van der Waals surface area (Å²) in [4.78, 5) is 26.1. The van der Waals surface area contributed by atoms with Crippen molar-refractivity contribution >= 4 is 34.8 Å². The molecular formula is C19H21ClN2O3. The Bertz CT molecular complexity index is 785. The van der Waals surface area contributed by atoms with Gasteiger partial charge in [0.25, 0.3) is 0 Å². The van der Waals surface area contributed by atoms with Crippen LogP contribution in [0.5, 0.6) is 5.75 Å². The second-order valence-corrected chi connectivity index (χ2v) is 6.17. The minimum Gasteiger partial charge on any atom is -0.495 e. The normalized spacial score (nSPS) is 10.3. The zero-order valence-electron chi connectivity index (χ0n) is 14.7. The Morgan fingerprint density at radius 2 is 1.80 bits per heavy atom. The number of benzene rings is 2. The van der Waals surface area contributed by atoms with Crippen LogP contribution in [0.4, 0.5) is 11.4 Å². The van der Waals surface area contributed by atoms with E-state index >= 15 is 0 Å². The number of methoxy groups -OCH3 is 1. The minimum atomic E-state index is -0.335. The molecule has 25 heavy (non-hydrogen) atoms. The van der Waals surface area contributed by atoms with Gasteiger partial charge in [-0.05, 0) is 43.2 Å². The first-order valence-corrected chi connectivity index (χ1v) is 8.19. The van der Waals surface area contributed by atoms with Crippen LogP contribution in [0.3, 0.4) is 0 Å². The maximum Gasteiger partial charge on any atom is 0.244 e. The van der Waals surface area contributed by atoms with Crippen LogP contribution in [0, 0.1) is 13.8 Å². The number of rotatable bonds is 5. The number of nitrogens with one attached hydrogen (secondary N) is 1. The Hall–Kier alpha value is -2.53. The SMILES string of the molecule is COc1ccc(Cl)cc1NC(=O)CN(C(C)=O)c1c(C)cccc1C. The molecule has 2 aromatic carbocycles. The number of ether oxygens (including phenoxy) is 1. The predicted molar refractivity (Wildman–Crippen MR) is 101 cm³/mol. The van der Waals surface area contributed by atoms with Gasteiger partial charge in [0, 0.05) is 11.9 Å². The summed E-state index contributed by atoms with van der Waals surface area (Å²) < 4.78 is 5.22. The average Bonchev–Trinajstić information content (AvgIpc) is 2.53. The Morgan fingerprint density at radius 3 is 2.36 bits per heavy atom. The van der Waals surface area contributed by atoms with E-state index in [1.165, 1.54) is 18.9 Å². The lowest BCUT2D eigenvalue weighted by atomic mass is 10.1. The first kappa shape index (κ1) is 18.8. The average molecular weight is 361 g/mol. The summed E-state index contributed by atoms with van der Waals surface area (Å²) >= 11 is 5.98. The molecule has 0 saturated heterocycles. The summed E-state index contributed by atoms with van der Waals surface area (Å²) in [6.07, 6.45) is 0. The molecule has 2 amide bonds. The highest BCUT2D eigenvalue weighted by Crippen LogP contribution is 2.28. The molecule has 2 rings (SSSR count). The second kappa shape index (κ2) is 8.03. The lowest BCUT2D eigenvalue weighted by Crippen LogP contribution is -2.37. The molecular weight excluding hydrogens is 340 g/mol. The van der Waals surface area contributed by atoms with E-state index in [2.05, 4.69) is 5.32 Å². The fourth-order valence-electron chi connectivity index (χ4n) is 2.69. The largest absolute Gasteiger partial charge is 0.495 e. The fraction of sp³-hybridized carbons (Fsp3) is 0.263. The van der Waals surface area contributed by atoms with Crippen LogP contribution in [0.1, 0.15) is 18.1 Å². The molecule has 0 saturated carbocycles. The molecule has 0 heterocycles. The molecule has 0 unspecified atom stereocenters. The summed E-state index contributed by atoms with van der Waals surface area (Å²) in [5.41, 5.74) is 3.08. The molecule has 0 aliphatic rings. The number of carbonyl (C=O) groups is 2. The van der Waals surface area contributed by atoms with Gasteiger partial charge < -0.3 is 15.0 Å². The topological polar surface area (TPSA) is 58.6 Å². The Kier molecular flexibility index (Phi) is 6.04. The standard InChI is InChI=1S/C19H21ClN2O3/c1-12-6-5-7-13(2)19(12)22(14(3)23)11-18(24)21-16-10-15(20)8-9-17(16)25-4/h5-10H,11H2,1-4H3,(H,21,24). The van der Waals surface area contributed by atoms with Crippen LogP contribution < -0.4 is 15.0 Å². The number of aryl methyl sites for hydroxylation is 2. The van der Waals surface area contributed by atoms with Gasteiger partial charge in [-0.25, -0.2) is 0 Å². The predicted octanol–water partition coefficient (Wildman–Crippen LogP) is 3.96. The van der Waals surface area contributed by atoms with E-state index in [-0.39, 0.29) is 18.4 Å². The number of anilines is 2. The molecule has 0 radical (unpaired) electrons. The molecule has 0 atom stereocenters. The van der Waals surface area contributed by atoms with E-state index in [1.807, 2.05) is 32.0 Å². The van der Waals surface area contributed by atoms with Crippen LogP contribution in [0.25, 0.3) is 0 Å². The van der Waals surface area contributed by atoms with Gasteiger partial charge in [-0.15, -0.1) is 0 Å². The highest BCUT2D eigenvalue weighted by Gasteiger charge is 2.20. The van der Waals surface area contributed by atoms with Gasteiger partial charge in [0.2, 0.25) is 11.8 Å². The molecule has 1 N–H and O–H groups in total. The fourth-order valence-corrected chi connectivity index (χ4v) is 2.86. The zero-order valence-corrected chi connectivity index (χ0v) is 15.5. The lowest BCUT2D eigenvalue weighted by molar-refractivity contribution is -0.120. The third-order valence-electron chi connectivity index (χ3n) is 3.83. The quantitative estimate of drug-likeness (QED) is 0.878.